The molecule has 0 aromatic rings. The fraction of sp³-hybridized carbons (Fsp3) is 0.714. The summed E-state index contributed by atoms with van der Waals surface area (Å²) in [5, 5.41) is 0. The lowest BCUT2D eigenvalue weighted by molar-refractivity contribution is 0.560. The minimum absolute atomic E-state index is 0.699. The summed E-state index contributed by atoms with van der Waals surface area (Å²) >= 11 is 0. The van der Waals surface area contributed by atoms with Crippen LogP contribution in [-0.4, -0.2) is 19.1 Å². The van der Waals surface area contributed by atoms with Crippen LogP contribution < -0.4 is 0 Å². The highest BCUT2D eigenvalue weighted by Crippen LogP contribution is 1.88. The molecule has 0 rings (SSSR count). The molecule has 0 unspecified atom stereocenters. The van der Waals surface area contributed by atoms with Crippen LogP contribution in [0.1, 0.15) is 13.8 Å². The van der Waals surface area contributed by atoms with Crippen LogP contribution in [0.2, 0.25) is 19.6 Å². The molecule has 0 aromatic carbocycles. The van der Waals surface area contributed by atoms with Crippen molar-refractivity contribution >= 4 is 14.3 Å². The fourth-order valence-electron chi connectivity index (χ4n) is 0. The summed E-state index contributed by atoms with van der Waals surface area (Å²) in [6.45, 7) is 9.08. The van der Waals surface area contributed by atoms with Crippen molar-refractivity contribution in [3.63, 3.8) is 0 Å². The molecule has 0 aliphatic rings. The molecule has 0 atom stereocenters. The molecule has 0 spiro atoms. The molecular weight excluding hydrogens is 144 g/mol. The maximum absolute atomic E-state index is 9.34. The number of hydrogen-bond acceptors (Lipinski definition) is 2. The lowest BCUT2D eigenvalue weighted by atomic mass is 10.4. The first-order chi connectivity index (χ1) is 4.27. The third-order valence-electron chi connectivity index (χ3n) is 0.204. The summed E-state index contributed by atoms with van der Waals surface area (Å²) in [6.07, 6.45) is 0. The van der Waals surface area contributed by atoms with E-state index >= 15 is 0 Å². The van der Waals surface area contributed by atoms with E-state index in [1.54, 1.807) is 19.8 Å². The van der Waals surface area contributed by atoms with Crippen molar-refractivity contribution in [3.8, 4) is 0 Å². The molecule has 0 heterocycles. The minimum Gasteiger partial charge on any atom is -0.433 e. The monoisotopic (exact) mass is 160 g/mol. The largest absolute Gasteiger partial charge is 0.433 e. The topological polar surface area (TPSA) is 37.3 Å². The van der Waals surface area contributed by atoms with Crippen LogP contribution in [-0.2, 0) is 4.79 Å². The van der Waals surface area contributed by atoms with Gasteiger partial charge in [-0.2, -0.15) is 0 Å². The van der Waals surface area contributed by atoms with E-state index in [-0.39, 0.29) is 0 Å². The predicted molar refractivity (Wildman–Crippen MR) is 46.1 cm³/mol. The van der Waals surface area contributed by atoms with Crippen molar-refractivity contribution < 1.29 is 9.59 Å². The molecule has 0 saturated carbocycles. The summed E-state index contributed by atoms with van der Waals surface area (Å²) in [5.41, 5.74) is 0.699. The van der Waals surface area contributed by atoms with Crippen LogP contribution in [0.4, 0.5) is 0 Å². The van der Waals surface area contributed by atoms with Gasteiger partial charge in [0.1, 0.15) is 5.94 Å². The van der Waals surface area contributed by atoms with E-state index in [4.69, 9.17) is 4.80 Å². The van der Waals surface area contributed by atoms with Crippen LogP contribution in [0.15, 0.2) is 5.57 Å². The Balaban J connectivity index is 0. The zero-order valence-corrected chi connectivity index (χ0v) is 8.36. The number of hydrogen-bond donors (Lipinski definition) is 1. The van der Waals surface area contributed by atoms with Gasteiger partial charge in [0, 0.05) is 5.57 Å². The van der Waals surface area contributed by atoms with Gasteiger partial charge in [0.05, 0.1) is 0 Å². The molecular formula is C7H16O2Si. The van der Waals surface area contributed by atoms with E-state index in [2.05, 4.69) is 0 Å². The van der Waals surface area contributed by atoms with Gasteiger partial charge in [-0.25, -0.2) is 4.79 Å². The predicted octanol–water partition coefficient (Wildman–Crippen LogP) is 1.60. The van der Waals surface area contributed by atoms with Gasteiger partial charge in [-0.1, -0.05) is 0 Å². The van der Waals surface area contributed by atoms with Crippen molar-refractivity contribution in [3.05, 3.63) is 5.57 Å². The smallest absolute Gasteiger partial charge is 0.179 e. The molecule has 0 amide bonds. The molecule has 0 radical (unpaired) electrons. The molecule has 0 bridgehead atoms. The van der Waals surface area contributed by atoms with E-state index in [1.807, 2.05) is 19.6 Å². The maximum Gasteiger partial charge on any atom is 0.179 e. The number of carbonyl (C=O) groups excluding carboxylic acids is 1. The average molecular weight is 160 g/mol. The highest BCUT2D eigenvalue weighted by molar-refractivity contribution is 6.68. The molecule has 10 heavy (non-hydrogen) atoms. The van der Waals surface area contributed by atoms with Crippen LogP contribution in [0.25, 0.3) is 0 Å². The second kappa shape index (κ2) is 5.41. The van der Waals surface area contributed by atoms with Crippen LogP contribution >= 0.6 is 0 Å². The molecule has 60 valence electrons. The van der Waals surface area contributed by atoms with Crippen molar-refractivity contribution in [2.24, 2.45) is 0 Å². The Kier molecular flexibility index (Phi) is 6.67. The summed E-state index contributed by atoms with van der Waals surface area (Å²) in [4.78, 5) is 18.0. The van der Waals surface area contributed by atoms with E-state index in [1.165, 1.54) is 0 Å². The van der Waals surface area contributed by atoms with Gasteiger partial charge < -0.3 is 4.80 Å². The third kappa shape index (κ3) is 127. The first kappa shape index (κ1) is 12.3. The van der Waals surface area contributed by atoms with Crippen LogP contribution in [0, 0.1) is 0 Å². The Hall–Kier alpha value is -0.373. The van der Waals surface area contributed by atoms with Gasteiger partial charge in [-0.15, -0.1) is 0 Å². The van der Waals surface area contributed by atoms with Gasteiger partial charge in [-0.05, 0) is 33.5 Å². The normalized spacial score (nSPS) is 9.00. The van der Waals surface area contributed by atoms with Gasteiger partial charge >= 0.3 is 0 Å². The van der Waals surface area contributed by atoms with E-state index in [0.29, 0.717) is 5.57 Å². The van der Waals surface area contributed by atoms with Crippen LogP contribution in [0.3, 0.4) is 0 Å². The molecule has 3 heteroatoms. The van der Waals surface area contributed by atoms with Crippen molar-refractivity contribution in [1.29, 1.82) is 0 Å². The summed E-state index contributed by atoms with van der Waals surface area (Å²) < 4.78 is 0. The standard InChI is InChI=1S/C4H6O.C3H10OSi/c1-4(2)3-5;1-5(2,3)4/h1-2H3;4H,1-3H3. The van der Waals surface area contributed by atoms with Gasteiger partial charge in [0.15, 0.2) is 8.32 Å². The molecule has 1 N–H and O–H groups in total. The van der Waals surface area contributed by atoms with Gasteiger partial charge in [-0.3, -0.25) is 0 Å². The maximum atomic E-state index is 9.34. The first-order valence-corrected chi connectivity index (χ1v) is 6.62. The van der Waals surface area contributed by atoms with Crippen molar-refractivity contribution in [2.45, 2.75) is 33.5 Å². The Morgan fingerprint density at radius 1 is 1.30 bits per heavy atom. The fourth-order valence-corrected chi connectivity index (χ4v) is 0. The molecule has 0 aliphatic heterocycles. The lowest BCUT2D eigenvalue weighted by Crippen LogP contribution is -2.17. The Morgan fingerprint density at radius 3 is 1.40 bits per heavy atom. The van der Waals surface area contributed by atoms with Gasteiger partial charge in [0.2, 0.25) is 0 Å². The summed E-state index contributed by atoms with van der Waals surface area (Å²) in [7, 11) is -1.61. The van der Waals surface area contributed by atoms with Crippen LogP contribution in [0.5, 0.6) is 0 Å². The Morgan fingerprint density at radius 2 is 1.40 bits per heavy atom. The molecule has 0 aromatic heterocycles. The quantitative estimate of drug-likeness (QED) is 0.431. The highest BCUT2D eigenvalue weighted by Gasteiger charge is 2.03. The molecule has 2 nitrogen and oxygen atoms in total. The second-order valence-electron chi connectivity index (χ2n) is 3.27. The zero-order chi connectivity index (χ0) is 8.78. The molecule has 0 fully saturated rings. The van der Waals surface area contributed by atoms with Crippen molar-refractivity contribution in [2.75, 3.05) is 0 Å². The zero-order valence-electron chi connectivity index (χ0n) is 7.36. The SMILES string of the molecule is CC(C)=C=O.C[Si](C)(C)O. The van der Waals surface area contributed by atoms with E-state index in [9.17, 15) is 4.79 Å². The minimum atomic E-state index is -1.61. The van der Waals surface area contributed by atoms with E-state index < -0.39 is 8.32 Å². The van der Waals surface area contributed by atoms with Gasteiger partial charge in [0.25, 0.3) is 0 Å². The van der Waals surface area contributed by atoms with Crippen molar-refractivity contribution in [1.82, 2.24) is 0 Å². The highest BCUT2D eigenvalue weighted by atomic mass is 28.4. The number of rotatable bonds is 0. The Labute approximate surface area is 63.7 Å². The first-order valence-electron chi connectivity index (χ1n) is 3.18. The molecule has 0 saturated heterocycles. The lowest BCUT2D eigenvalue weighted by Gasteiger charge is -2.00. The summed E-state index contributed by atoms with van der Waals surface area (Å²) in [5.74, 6) is 1.69. The third-order valence-corrected chi connectivity index (χ3v) is 0.204. The molecule has 0 aliphatic carbocycles. The summed E-state index contributed by atoms with van der Waals surface area (Å²) in [6, 6.07) is 0. The number of allylic oxidation sites excluding steroid dienone is 1. The second-order valence-corrected chi connectivity index (χ2v) is 7.61. The van der Waals surface area contributed by atoms with E-state index in [0.717, 1.165) is 0 Å². The Bertz CT molecular complexity index is 119. The average Bonchev–Trinajstić information content (AvgIpc) is 1.61.